The van der Waals surface area contributed by atoms with Crippen LogP contribution in [0.25, 0.3) is 0 Å². The van der Waals surface area contributed by atoms with E-state index in [0.29, 0.717) is 24.5 Å². The molecule has 22 heavy (non-hydrogen) atoms. The van der Waals surface area contributed by atoms with E-state index in [1.807, 2.05) is 37.3 Å². The lowest BCUT2D eigenvalue weighted by atomic mass is 10.2. The highest BCUT2D eigenvalue weighted by molar-refractivity contribution is 5.96. The summed E-state index contributed by atoms with van der Waals surface area (Å²) in [5.74, 6) is 0.0863. The van der Waals surface area contributed by atoms with Gasteiger partial charge in [-0.05, 0) is 24.6 Å². The number of hydrogen-bond donors (Lipinski definition) is 1. The lowest BCUT2D eigenvalue weighted by molar-refractivity contribution is -0.114. The van der Waals surface area contributed by atoms with Gasteiger partial charge in [-0.2, -0.15) is 0 Å². The molecular formula is C17H19N3O2. The zero-order valence-electron chi connectivity index (χ0n) is 12.7. The summed E-state index contributed by atoms with van der Waals surface area (Å²) in [6, 6.07) is 13.1. The van der Waals surface area contributed by atoms with Crippen LogP contribution in [0.15, 0.2) is 48.7 Å². The third-order valence-corrected chi connectivity index (χ3v) is 3.20. The fourth-order valence-corrected chi connectivity index (χ4v) is 2.13. The number of nitrogens with one attached hydrogen (secondary N) is 1. The van der Waals surface area contributed by atoms with E-state index in [2.05, 4.69) is 10.3 Å². The van der Waals surface area contributed by atoms with Crippen molar-refractivity contribution < 1.29 is 9.59 Å². The van der Waals surface area contributed by atoms with Gasteiger partial charge in [0.25, 0.3) is 5.91 Å². The largest absolute Gasteiger partial charge is 0.335 e. The zero-order valence-corrected chi connectivity index (χ0v) is 12.7. The Balaban J connectivity index is 2.16. The van der Waals surface area contributed by atoms with E-state index in [0.717, 1.165) is 5.56 Å². The van der Waals surface area contributed by atoms with E-state index in [-0.39, 0.29) is 11.8 Å². The molecule has 0 spiro atoms. The van der Waals surface area contributed by atoms with Crippen LogP contribution in [-0.2, 0) is 11.3 Å². The molecule has 1 heterocycles. The second-order valence-electron chi connectivity index (χ2n) is 4.92. The minimum atomic E-state index is -0.214. The van der Waals surface area contributed by atoms with Crippen LogP contribution in [0.5, 0.6) is 0 Å². The number of nitrogens with zero attached hydrogens (tertiary/aromatic N) is 2. The molecule has 2 aromatic rings. The molecule has 114 valence electrons. The highest BCUT2D eigenvalue weighted by Crippen LogP contribution is 2.12. The smallest absolute Gasteiger partial charge is 0.254 e. The zero-order chi connectivity index (χ0) is 15.9. The van der Waals surface area contributed by atoms with Crippen LogP contribution in [0.1, 0.15) is 29.8 Å². The molecule has 0 bridgehead atoms. The second-order valence-corrected chi connectivity index (χ2v) is 4.92. The molecule has 0 aliphatic carbocycles. The topological polar surface area (TPSA) is 62.3 Å². The molecule has 0 saturated carbocycles. The van der Waals surface area contributed by atoms with Crippen molar-refractivity contribution in [2.75, 3.05) is 11.9 Å². The Bertz CT molecular complexity index is 656. The standard InChI is InChI=1S/C17H19N3O2/c1-3-20(12-14-7-5-4-6-8-14)17(22)15-9-10-18-16(11-15)19-13(2)21/h4-11H,3,12H2,1-2H3,(H,18,19,21). The van der Waals surface area contributed by atoms with Gasteiger partial charge in [-0.25, -0.2) is 4.98 Å². The average Bonchev–Trinajstić information content (AvgIpc) is 2.52. The van der Waals surface area contributed by atoms with Crippen LogP contribution < -0.4 is 5.32 Å². The number of carbonyl (C=O) groups is 2. The number of anilines is 1. The predicted octanol–water partition coefficient (Wildman–Crippen LogP) is 2.70. The first-order valence-electron chi connectivity index (χ1n) is 7.17. The summed E-state index contributed by atoms with van der Waals surface area (Å²) in [5.41, 5.74) is 1.59. The molecule has 0 saturated heterocycles. The Morgan fingerprint density at radius 3 is 2.55 bits per heavy atom. The maximum Gasteiger partial charge on any atom is 0.254 e. The molecule has 0 radical (unpaired) electrons. The molecule has 1 aromatic carbocycles. The number of pyridine rings is 1. The number of aromatic nitrogens is 1. The highest BCUT2D eigenvalue weighted by Gasteiger charge is 2.15. The first-order chi connectivity index (χ1) is 10.6. The maximum absolute atomic E-state index is 12.6. The fraction of sp³-hybridized carbons (Fsp3) is 0.235. The number of benzene rings is 1. The Hall–Kier alpha value is -2.69. The van der Waals surface area contributed by atoms with E-state index in [1.165, 1.54) is 13.1 Å². The van der Waals surface area contributed by atoms with Gasteiger partial charge in [0.2, 0.25) is 5.91 Å². The predicted molar refractivity (Wildman–Crippen MR) is 85.4 cm³/mol. The van der Waals surface area contributed by atoms with Gasteiger partial charge in [-0.15, -0.1) is 0 Å². The molecule has 1 N–H and O–H groups in total. The normalized spacial score (nSPS) is 10.1. The molecule has 0 unspecified atom stereocenters. The van der Waals surface area contributed by atoms with Crippen LogP contribution >= 0.6 is 0 Å². The highest BCUT2D eigenvalue weighted by atomic mass is 16.2. The summed E-state index contributed by atoms with van der Waals surface area (Å²) in [4.78, 5) is 29.5. The monoisotopic (exact) mass is 297 g/mol. The van der Waals surface area contributed by atoms with Gasteiger partial charge in [0, 0.05) is 31.8 Å². The minimum Gasteiger partial charge on any atom is -0.335 e. The minimum absolute atomic E-state index is 0.0830. The molecule has 2 amide bonds. The molecule has 0 fully saturated rings. The lowest BCUT2D eigenvalue weighted by Gasteiger charge is -2.21. The van der Waals surface area contributed by atoms with Crippen molar-refractivity contribution in [2.45, 2.75) is 20.4 Å². The van der Waals surface area contributed by atoms with Gasteiger partial charge in [0.05, 0.1) is 0 Å². The van der Waals surface area contributed by atoms with Crippen molar-refractivity contribution in [2.24, 2.45) is 0 Å². The summed E-state index contributed by atoms with van der Waals surface area (Å²) in [6.45, 7) is 4.50. The van der Waals surface area contributed by atoms with E-state index in [9.17, 15) is 9.59 Å². The molecule has 0 aliphatic heterocycles. The molecule has 5 nitrogen and oxygen atoms in total. The fourth-order valence-electron chi connectivity index (χ4n) is 2.13. The third-order valence-electron chi connectivity index (χ3n) is 3.20. The first-order valence-corrected chi connectivity index (χ1v) is 7.17. The van der Waals surface area contributed by atoms with Gasteiger partial charge >= 0.3 is 0 Å². The summed E-state index contributed by atoms with van der Waals surface area (Å²) in [6.07, 6.45) is 1.52. The number of carbonyl (C=O) groups excluding carboxylic acids is 2. The Morgan fingerprint density at radius 1 is 1.18 bits per heavy atom. The second kappa shape index (κ2) is 7.36. The number of amides is 2. The van der Waals surface area contributed by atoms with Crippen LogP contribution in [-0.4, -0.2) is 28.2 Å². The van der Waals surface area contributed by atoms with Crippen molar-refractivity contribution in [1.29, 1.82) is 0 Å². The SMILES string of the molecule is CCN(Cc1ccccc1)C(=O)c1ccnc(NC(C)=O)c1. The average molecular weight is 297 g/mol. The van der Waals surface area contributed by atoms with Gasteiger partial charge < -0.3 is 10.2 Å². The third kappa shape index (κ3) is 4.15. The Morgan fingerprint density at radius 2 is 1.91 bits per heavy atom. The molecule has 2 rings (SSSR count). The summed E-state index contributed by atoms with van der Waals surface area (Å²) < 4.78 is 0. The van der Waals surface area contributed by atoms with Crippen LogP contribution in [0.2, 0.25) is 0 Å². The molecular weight excluding hydrogens is 278 g/mol. The molecule has 0 atom stereocenters. The quantitative estimate of drug-likeness (QED) is 0.923. The molecule has 0 aliphatic rings. The van der Waals surface area contributed by atoms with E-state index < -0.39 is 0 Å². The Labute approximate surface area is 130 Å². The molecule has 1 aromatic heterocycles. The van der Waals surface area contributed by atoms with E-state index in [1.54, 1.807) is 17.0 Å². The van der Waals surface area contributed by atoms with Crippen molar-refractivity contribution in [3.05, 3.63) is 59.8 Å². The van der Waals surface area contributed by atoms with Crippen molar-refractivity contribution >= 4 is 17.6 Å². The van der Waals surface area contributed by atoms with Gasteiger partial charge in [-0.3, -0.25) is 9.59 Å². The Kier molecular flexibility index (Phi) is 5.25. The van der Waals surface area contributed by atoms with E-state index >= 15 is 0 Å². The van der Waals surface area contributed by atoms with E-state index in [4.69, 9.17) is 0 Å². The van der Waals surface area contributed by atoms with Crippen molar-refractivity contribution in [3.63, 3.8) is 0 Å². The number of rotatable bonds is 5. The first kappa shape index (κ1) is 15.7. The van der Waals surface area contributed by atoms with Gasteiger partial charge in [0.1, 0.15) is 5.82 Å². The summed E-state index contributed by atoms with van der Waals surface area (Å²) in [7, 11) is 0. The summed E-state index contributed by atoms with van der Waals surface area (Å²) >= 11 is 0. The maximum atomic E-state index is 12.6. The number of hydrogen-bond acceptors (Lipinski definition) is 3. The molecule has 5 heteroatoms. The summed E-state index contributed by atoms with van der Waals surface area (Å²) in [5, 5.41) is 2.59. The van der Waals surface area contributed by atoms with Gasteiger partial charge in [0.15, 0.2) is 0 Å². The van der Waals surface area contributed by atoms with Gasteiger partial charge in [-0.1, -0.05) is 30.3 Å². The van der Waals surface area contributed by atoms with Crippen LogP contribution in [0.4, 0.5) is 5.82 Å². The van der Waals surface area contributed by atoms with Crippen molar-refractivity contribution in [3.8, 4) is 0 Å². The van der Waals surface area contributed by atoms with Crippen LogP contribution in [0.3, 0.4) is 0 Å². The van der Waals surface area contributed by atoms with Crippen molar-refractivity contribution in [1.82, 2.24) is 9.88 Å². The lowest BCUT2D eigenvalue weighted by Crippen LogP contribution is -2.30. The van der Waals surface area contributed by atoms with Crippen LogP contribution in [0, 0.1) is 0 Å².